The molecule has 0 radical (unpaired) electrons. The number of hydrogen-bond acceptors (Lipinski definition) is 4. The first kappa shape index (κ1) is 13.3. The van der Waals surface area contributed by atoms with E-state index >= 15 is 0 Å². The SMILES string of the molecule is CCCOC(=O)c1c(N)ccc2c1cnn2C(F)F. The average molecular weight is 269 g/mol. The molecule has 2 aromatic rings. The van der Waals surface area contributed by atoms with E-state index in [9.17, 15) is 13.6 Å². The van der Waals surface area contributed by atoms with Crippen molar-refractivity contribution in [3.05, 3.63) is 23.9 Å². The van der Waals surface area contributed by atoms with Gasteiger partial charge in [0.2, 0.25) is 0 Å². The smallest absolute Gasteiger partial charge is 0.340 e. The van der Waals surface area contributed by atoms with Gasteiger partial charge in [0, 0.05) is 11.1 Å². The number of aromatic nitrogens is 2. The van der Waals surface area contributed by atoms with E-state index in [1.807, 2.05) is 6.92 Å². The fourth-order valence-corrected chi connectivity index (χ4v) is 1.79. The molecule has 2 N–H and O–H groups in total. The van der Waals surface area contributed by atoms with Crippen molar-refractivity contribution in [2.45, 2.75) is 19.9 Å². The van der Waals surface area contributed by atoms with E-state index < -0.39 is 12.5 Å². The molecule has 1 aromatic heterocycles. The Kier molecular flexibility index (Phi) is 3.64. The summed E-state index contributed by atoms with van der Waals surface area (Å²) >= 11 is 0. The fraction of sp³-hybridized carbons (Fsp3) is 0.333. The zero-order valence-corrected chi connectivity index (χ0v) is 10.3. The number of benzene rings is 1. The van der Waals surface area contributed by atoms with Crippen LogP contribution in [-0.2, 0) is 4.74 Å². The number of hydrogen-bond donors (Lipinski definition) is 1. The number of halogens is 2. The van der Waals surface area contributed by atoms with Crippen LogP contribution in [-0.4, -0.2) is 22.4 Å². The quantitative estimate of drug-likeness (QED) is 0.684. The van der Waals surface area contributed by atoms with Crippen LogP contribution in [0.5, 0.6) is 0 Å². The standard InChI is InChI=1S/C12H13F2N3O2/c1-2-5-19-11(18)10-7-6-16-17(12(13)14)9(7)4-3-8(10)15/h3-4,6,12H,2,5,15H2,1H3. The summed E-state index contributed by atoms with van der Waals surface area (Å²) in [6.07, 6.45) is 1.86. The minimum absolute atomic E-state index is 0.0813. The second-order valence-electron chi connectivity index (χ2n) is 3.97. The van der Waals surface area contributed by atoms with Gasteiger partial charge in [-0.3, -0.25) is 0 Å². The summed E-state index contributed by atoms with van der Waals surface area (Å²) in [6, 6.07) is 2.80. The van der Waals surface area contributed by atoms with Gasteiger partial charge in [-0.05, 0) is 18.6 Å². The van der Waals surface area contributed by atoms with Crippen molar-refractivity contribution >= 4 is 22.6 Å². The third kappa shape index (κ3) is 2.35. The Morgan fingerprint density at radius 1 is 1.53 bits per heavy atom. The van der Waals surface area contributed by atoms with Crippen LogP contribution in [0.2, 0.25) is 0 Å². The van der Waals surface area contributed by atoms with Crippen molar-refractivity contribution in [1.29, 1.82) is 0 Å². The normalized spacial score (nSPS) is 11.2. The third-order valence-corrected chi connectivity index (χ3v) is 2.64. The van der Waals surface area contributed by atoms with Crippen LogP contribution in [0.1, 0.15) is 30.3 Å². The molecule has 5 nitrogen and oxygen atoms in total. The lowest BCUT2D eigenvalue weighted by atomic mass is 10.1. The maximum absolute atomic E-state index is 12.7. The van der Waals surface area contributed by atoms with Crippen LogP contribution in [0.4, 0.5) is 14.5 Å². The van der Waals surface area contributed by atoms with Crippen molar-refractivity contribution < 1.29 is 18.3 Å². The topological polar surface area (TPSA) is 70.1 Å². The molecule has 2 rings (SSSR count). The highest BCUT2D eigenvalue weighted by Gasteiger charge is 2.20. The molecule has 0 aliphatic rings. The first-order valence-electron chi connectivity index (χ1n) is 5.77. The van der Waals surface area contributed by atoms with Gasteiger partial charge < -0.3 is 10.5 Å². The summed E-state index contributed by atoms with van der Waals surface area (Å²) in [5.41, 5.74) is 6.13. The number of rotatable bonds is 4. The largest absolute Gasteiger partial charge is 0.462 e. The van der Waals surface area contributed by atoms with E-state index in [0.29, 0.717) is 11.1 Å². The molecule has 0 amide bonds. The van der Waals surface area contributed by atoms with Gasteiger partial charge in [-0.15, -0.1) is 0 Å². The Balaban J connectivity index is 2.53. The van der Waals surface area contributed by atoms with Crippen LogP contribution >= 0.6 is 0 Å². The highest BCUT2D eigenvalue weighted by molar-refractivity contribution is 6.08. The first-order valence-corrected chi connectivity index (χ1v) is 5.77. The molecule has 0 fully saturated rings. The lowest BCUT2D eigenvalue weighted by Crippen LogP contribution is -2.09. The van der Waals surface area contributed by atoms with Crippen molar-refractivity contribution in [2.24, 2.45) is 0 Å². The second-order valence-corrected chi connectivity index (χ2v) is 3.97. The summed E-state index contributed by atoms with van der Waals surface area (Å²) in [5, 5.41) is 3.83. The number of fused-ring (bicyclic) bond motifs is 1. The minimum atomic E-state index is -2.78. The molecule has 0 aliphatic heterocycles. The number of alkyl halides is 2. The van der Waals surface area contributed by atoms with Gasteiger partial charge in [0.25, 0.3) is 0 Å². The van der Waals surface area contributed by atoms with Gasteiger partial charge in [-0.2, -0.15) is 13.9 Å². The molecule has 0 spiro atoms. The van der Waals surface area contributed by atoms with Crippen LogP contribution in [0.15, 0.2) is 18.3 Å². The van der Waals surface area contributed by atoms with Gasteiger partial charge in [0.1, 0.15) is 0 Å². The van der Waals surface area contributed by atoms with Gasteiger partial charge in [0.15, 0.2) is 0 Å². The summed E-state index contributed by atoms with van der Waals surface area (Å²) in [6.45, 7) is -0.676. The number of nitrogen functional groups attached to an aromatic ring is 1. The molecule has 0 saturated heterocycles. The average Bonchev–Trinajstić information content (AvgIpc) is 2.79. The van der Waals surface area contributed by atoms with Crippen LogP contribution < -0.4 is 5.73 Å². The Bertz CT molecular complexity index is 610. The first-order chi connectivity index (χ1) is 9.06. The number of nitrogens with two attached hydrogens (primary N) is 1. The molecule has 0 aliphatic carbocycles. The number of anilines is 1. The highest BCUT2D eigenvalue weighted by atomic mass is 19.3. The highest BCUT2D eigenvalue weighted by Crippen LogP contribution is 2.27. The molecule has 0 bridgehead atoms. The Morgan fingerprint density at radius 2 is 2.26 bits per heavy atom. The molecule has 102 valence electrons. The summed E-state index contributed by atoms with van der Waals surface area (Å²) in [5.74, 6) is -0.626. The van der Waals surface area contributed by atoms with Crippen LogP contribution in [0.25, 0.3) is 10.9 Å². The summed E-state index contributed by atoms with van der Waals surface area (Å²) in [4.78, 5) is 11.9. The third-order valence-electron chi connectivity index (χ3n) is 2.64. The van der Waals surface area contributed by atoms with Crippen LogP contribution in [0.3, 0.4) is 0 Å². The van der Waals surface area contributed by atoms with Crippen molar-refractivity contribution in [2.75, 3.05) is 12.3 Å². The second kappa shape index (κ2) is 5.21. The van der Waals surface area contributed by atoms with E-state index in [0.717, 1.165) is 0 Å². The van der Waals surface area contributed by atoms with Gasteiger partial charge in [-0.25, -0.2) is 9.48 Å². The Labute approximate surface area is 107 Å². The predicted octanol–water partition coefficient (Wildman–Crippen LogP) is 2.58. The number of carbonyl (C=O) groups excluding carboxylic acids is 1. The molecule has 1 aromatic carbocycles. The number of carbonyl (C=O) groups is 1. The van der Waals surface area contributed by atoms with Crippen LogP contribution in [0, 0.1) is 0 Å². The lowest BCUT2D eigenvalue weighted by Gasteiger charge is -2.08. The summed E-state index contributed by atoms with van der Waals surface area (Å²) < 4.78 is 31.0. The molecule has 1 heterocycles. The molecular weight excluding hydrogens is 256 g/mol. The van der Waals surface area contributed by atoms with Crippen molar-refractivity contribution in [3.8, 4) is 0 Å². The van der Waals surface area contributed by atoms with Crippen molar-refractivity contribution in [3.63, 3.8) is 0 Å². The maximum atomic E-state index is 12.7. The van der Waals surface area contributed by atoms with E-state index in [2.05, 4.69) is 5.10 Å². The molecule has 0 unspecified atom stereocenters. The molecule has 0 saturated carbocycles. The summed E-state index contributed by atoms with van der Waals surface area (Å²) in [7, 11) is 0. The number of esters is 1. The van der Waals surface area contributed by atoms with Crippen molar-refractivity contribution in [1.82, 2.24) is 9.78 Å². The van der Waals surface area contributed by atoms with Gasteiger partial charge in [-0.1, -0.05) is 6.92 Å². The van der Waals surface area contributed by atoms with E-state index in [1.54, 1.807) is 0 Å². The monoisotopic (exact) mass is 269 g/mol. The minimum Gasteiger partial charge on any atom is -0.462 e. The molecule has 0 atom stereocenters. The number of nitrogens with zero attached hydrogens (tertiary/aromatic N) is 2. The zero-order valence-electron chi connectivity index (χ0n) is 10.3. The van der Waals surface area contributed by atoms with Gasteiger partial charge >= 0.3 is 12.5 Å². The zero-order chi connectivity index (χ0) is 14.0. The van der Waals surface area contributed by atoms with E-state index in [4.69, 9.17) is 10.5 Å². The molecular formula is C12H13F2N3O2. The lowest BCUT2D eigenvalue weighted by molar-refractivity contribution is 0.0507. The van der Waals surface area contributed by atoms with E-state index in [1.165, 1.54) is 18.3 Å². The Morgan fingerprint density at radius 3 is 2.89 bits per heavy atom. The Hall–Kier alpha value is -2.18. The predicted molar refractivity (Wildman–Crippen MR) is 66.0 cm³/mol. The fourth-order valence-electron chi connectivity index (χ4n) is 1.79. The number of ether oxygens (including phenoxy) is 1. The van der Waals surface area contributed by atoms with E-state index in [-0.39, 0.29) is 28.8 Å². The molecule has 19 heavy (non-hydrogen) atoms. The maximum Gasteiger partial charge on any atom is 0.340 e. The van der Waals surface area contributed by atoms with Gasteiger partial charge in [0.05, 0.1) is 23.9 Å². The molecule has 7 heteroatoms.